The van der Waals surface area contributed by atoms with Crippen molar-refractivity contribution in [1.82, 2.24) is 5.06 Å². The van der Waals surface area contributed by atoms with Gasteiger partial charge in [0.15, 0.2) is 6.10 Å². The van der Waals surface area contributed by atoms with E-state index in [2.05, 4.69) is 19.0 Å². The largest absolute Gasteiger partial charge is 0.463 e. The van der Waals surface area contributed by atoms with Crippen molar-refractivity contribution in [3.63, 3.8) is 0 Å². The lowest BCUT2D eigenvalue weighted by atomic mass is 9.93. The number of hydroxylamine groups is 2. The Morgan fingerprint density at radius 2 is 1.47 bits per heavy atom. The summed E-state index contributed by atoms with van der Waals surface area (Å²) in [6.45, 7) is 8.81. The Morgan fingerprint density at radius 1 is 0.906 bits per heavy atom. The van der Waals surface area contributed by atoms with E-state index >= 15 is 0 Å². The number of nitrogens with zero attached hydrogens (tertiary/aromatic N) is 2. The maximum absolute atomic E-state index is 13.4. The Bertz CT molecular complexity index is 872. The van der Waals surface area contributed by atoms with Crippen LogP contribution in [0.15, 0.2) is 65.8 Å². The fourth-order valence-electron chi connectivity index (χ4n) is 3.57. The zero-order valence-electron chi connectivity index (χ0n) is 19.4. The molecule has 1 saturated heterocycles. The maximum atomic E-state index is 13.4. The molecule has 4 atom stereocenters. The van der Waals surface area contributed by atoms with Crippen LogP contribution in [0.3, 0.4) is 0 Å². The van der Waals surface area contributed by atoms with Gasteiger partial charge >= 0.3 is 0 Å². The van der Waals surface area contributed by atoms with Crippen molar-refractivity contribution in [2.45, 2.75) is 65.9 Å². The number of carbonyl (C=O) groups is 1. The van der Waals surface area contributed by atoms with Crippen molar-refractivity contribution in [3.05, 3.63) is 71.8 Å². The number of morpholine rings is 1. The number of oxime groups is 1. The number of amides is 1. The molecule has 3 rings (SSSR count). The highest BCUT2D eigenvalue weighted by Gasteiger charge is 2.46. The molecule has 2 aromatic rings. The van der Waals surface area contributed by atoms with Crippen LogP contribution in [0.5, 0.6) is 0 Å². The molecule has 0 aliphatic carbocycles. The highest BCUT2D eigenvalue weighted by Crippen LogP contribution is 2.29. The molecule has 32 heavy (non-hydrogen) atoms. The molecule has 1 fully saturated rings. The third kappa shape index (κ3) is 5.88. The molecule has 0 saturated carbocycles. The van der Waals surface area contributed by atoms with Crippen LogP contribution in [0.25, 0.3) is 0 Å². The minimum absolute atomic E-state index is 0.0162. The van der Waals surface area contributed by atoms with Gasteiger partial charge in [-0.15, -0.1) is 0 Å². The van der Waals surface area contributed by atoms with E-state index in [1.807, 2.05) is 74.5 Å². The van der Waals surface area contributed by atoms with E-state index in [0.717, 1.165) is 24.0 Å². The second-order valence-electron chi connectivity index (χ2n) is 8.37. The van der Waals surface area contributed by atoms with Crippen LogP contribution in [0.1, 0.15) is 51.7 Å². The van der Waals surface area contributed by atoms with E-state index in [1.54, 1.807) is 0 Å². The summed E-state index contributed by atoms with van der Waals surface area (Å²) in [7, 11) is 0. The number of rotatable bonds is 10. The maximum Gasteiger partial charge on any atom is 0.288 e. The number of ether oxygens (including phenoxy) is 1. The topological polar surface area (TPSA) is 60.4 Å². The summed E-state index contributed by atoms with van der Waals surface area (Å²) in [4.78, 5) is 25.2. The SMILES string of the molecule is CC[C@@H](C)[C@@H]1/C(=N/OCc2ccccc2)O[C@@H]([C@@H](C)CC)C(=O)N1OCc1ccccc1. The van der Waals surface area contributed by atoms with Gasteiger partial charge in [-0.2, -0.15) is 0 Å². The Labute approximate surface area is 191 Å². The van der Waals surface area contributed by atoms with Crippen LogP contribution in [-0.4, -0.2) is 29.0 Å². The first kappa shape index (κ1) is 23.8. The van der Waals surface area contributed by atoms with Gasteiger partial charge in [0.2, 0.25) is 0 Å². The Hall–Kier alpha value is -2.86. The van der Waals surface area contributed by atoms with Crippen LogP contribution in [-0.2, 0) is 32.4 Å². The summed E-state index contributed by atoms with van der Waals surface area (Å²) in [5, 5.41) is 5.83. The van der Waals surface area contributed by atoms with Gasteiger partial charge in [-0.05, 0) is 28.6 Å². The summed E-state index contributed by atoms with van der Waals surface area (Å²) in [5.74, 6) is 0.324. The molecule has 0 aromatic heterocycles. The van der Waals surface area contributed by atoms with E-state index in [1.165, 1.54) is 5.06 Å². The first-order valence-electron chi connectivity index (χ1n) is 11.4. The molecular weight excluding hydrogens is 404 g/mol. The molecule has 172 valence electrons. The Balaban J connectivity index is 1.85. The van der Waals surface area contributed by atoms with Gasteiger partial charge in [0.25, 0.3) is 11.8 Å². The lowest BCUT2D eigenvalue weighted by Crippen LogP contribution is -2.60. The molecular formula is C26H34N2O4. The van der Waals surface area contributed by atoms with Crippen molar-refractivity contribution in [2.75, 3.05) is 0 Å². The molecule has 0 unspecified atom stereocenters. The zero-order chi connectivity index (χ0) is 22.9. The standard InChI is InChI=1S/C26H34N2O4/c1-5-19(3)23-25(27-30-17-21-13-9-7-10-14-21)32-24(20(4)6-2)26(29)28(23)31-18-22-15-11-8-12-16-22/h7-16,19-20,23-24H,5-6,17-18H2,1-4H3/b27-25-/t19-,20+,23-,24+/m1/s1. The molecule has 6 heteroatoms. The van der Waals surface area contributed by atoms with Crippen LogP contribution in [0.2, 0.25) is 0 Å². The molecule has 0 radical (unpaired) electrons. The first-order valence-corrected chi connectivity index (χ1v) is 11.4. The normalized spacial score (nSPS) is 21.8. The average molecular weight is 439 g/mol. The number of carbonyl (C=O) groups excluding carboxylic acids is 1. The second kappa shape index (κ2) is 11.7. The van der Waals surface area contributed by atoms with Crippen LogP contribution in [0, 0.1) is 11.8 Å². The fraction of sp³-hybridized carbons (Fsp3) is 0.462. The van der Waals surface area contributed by atoms with Crippen LogP contribution in [0.4, 0.5) is 0 Å². The molecule has 6 nitrogen and oxygen atoms in total. The third-order valence-electron chi connectivity index (χ3n) is 6.00. The highest BCUT2D eigenvalue weighted by atomic mass is 16.7. The summed E-state index contributed by atoms with van der Waals surface area (Å²) in [6.07, 6.45) is 0.975. The van der Waals surface area contributed by atoms with Gasteiger partial charge in [-0.25, -0.2) is 5.06 Å². The number of hydrogen-bond donors (Lipinski definition) is 0. The molecule has 2 aromatic carbocycles. The quantitative estimate of drug-likeness (QED) is 0.470. The van der Waals surface area contributed by atoms with Gasteiger partial charge < -0.3 is 9.57 Å². The summed E-state index contributed by atoms with van der Waals surface area (Å²) in [6, 6.07) is 19.2. The van der Waals surface area contributed by atoms with E-state index in [-0.39, 0.29) is 17.7 Å². The minimum atomic E-state index is -0.657. The van der Waals surface area contributed by atoms with Gasteiger partial charge in [0.1, 0.15) is 19.3 Å². The van der Waals surface area contributed by atoms with Gasteiger partial charge in [0.05, 0.1) is 0 Å². The molecule has 0 N–H and O–H groups in total. The van der Waals surface area contributed by atoms with Gasteiger partial charge in [-0.3, -0.25) is 9.63 Å². The molecule has 1 aliphatic heterocycles. The predicted octanol–water partition coefficient (Wildman–Crippen LogP) is 5.34. The van der Waals surface area contributed by atoms with Crippen molar-refractivity contribution in [2.24, 2.45) is 17.0 Å². The van der Waals surface area contributed by atoms with Crippen LogP contribution >= 0.6 is 0 Å². The highest BCUT2D eigenvalue weighted by molar-refractivity contribution is 5.94. The number of benzene rings is 2. The number of hydrogen-bond acceptors (Lipinski definition) is 5. The Morgan fingerprint density at radius 3 is 2.03 bits per heavy atom. The van der Waals surface area contributed by atoms with E-state index < -0.39 is 12.1 Å². The lowest BCUT2D eigenvalue weighted by Gasteiger charge is -2.42. The van der Waals surface area contributed by atoms with Gasteiger partial charge in [0, 0.05) is 5.92 Å². The first-order chi connectivity index (χ1) is 15.5. The fourth-order valence-corrected chi connectivity index (χ4v) is 3.57. The van der Waals surface area contributed by atoms with E-state index in [0.29, 0.717) is 19.1 Å². The summed E-state index contributed by atoms with van der Waals surface area (Å²) >= 11 is 0. The predicted molar refractivity (Wildman–Crippen MR) is 124 cm³/mol. The van der Waals surface area contributed by atoms with E-state index in [9.17, 15) is 4.79 Å². The van der Waals surface area contributed by atoms with Crippen LogP contribution < -0.4 is 0 Å². The zero-order valence-corrected chi connectivity index (χ0v) is 19.4. The van der Waals surface area contributed by atoms with Crippen molar-refractivity contribution < 1.29 is 19.2 Å². The third-order valence-corrected chi connectivity index (χ3v) is 6.00. The molecule has 0 spiro atoms. The molecule has 0 bridgehead atoms. The lowest BCUT2D eigenvalue weighted by molar-refractivity contribution is -0.223. The summed E-state index contributed by atoms with van der Waals surface area (Å²) in [5.41, 5.74) is 2.01. The molecule has 1 heterocycles. The van der Waals surface area contributed by atoms with Crippen molar-refractivity contribution in [3.8, 4) is 0 Å². The van der Waals surface area contributed by atoms with Crippen molar-refractivity contribution >= 4 is 11.8 Å². The molecule has 1 amide bonds. The smallest absolute Gasteiger partial charge is 0.288 e. The monoisotopic (exact) mass is 438 g/mol. The molecule has 1 aliphatic rings. The Kier molecular flexibility index (Phi) is 8.68. The van der Waals surface area contributed by atoms with E-state index in [4.69, 9.17) is 14.4 Å². The van der Waals surface area contributed by atoms with Crippen molar-refractivity contribution in [1.29, 1.82) is 0 Å². The van der Waals surface area contributed by atoms with Gasteiger partial charge in [-0.1, -0.05) is 94.8 Å². The average Bonchev–Trinajstić information content (AvgIpc) is 2.84. The summed E-state index contributed by atoms with van der Waals surface area (Å²) < 4.78 is 6.16. The minimum Gasteiger partial charge on any atom is -0.463 e. The second-order valence-corrected chi connectivity index (χ2v) is 8.37.